The van der Waals surface area contributed by atoms with Crippen molar-refractivity contribution in [3.63, 3.8) is 0 Å². The number of hydrogen-bond donors (Lipinski definition) is 1. The van der Waals surface area contributed by atoms with Crippen LogP contribution in [-0.4, -0.2) is 13.1 Å². The van der Waals surface area contributed by atoms with Gasteiger partial charge in [-0.15, -0.1) is 12.4 Å². The number of carbonyl (C=O) groups excluding carboxylic acids is 1. The van der Waals surface area contributed by atoms with Crippen molar-refractivity contribution < 1.29 is 18.3 Å². The molecule has 0 aliphatic rings. The maximum Gasteiger partial charge on any atom is 0.327 e. The Hall–Kier alpha value is -0.720. The zero-order chi connectivity index (χ0) is 11.6. The van der Waals surface area contributed by atoms with Gasteiger partial charge in [0.05, 0.1) is 17.1 Å². The normalized spacial score (nSPS) is 11.6. The molecule has 0 aliphatic carbocycles. The van der Waals surface area contributed by atoms with Crippen molar-refractivity contribution in [2.45, 2.75) is 6.04 Å². The van der Waals surface area contributed by atoms with Gasteiger partial charge in [-0.3, -0.25) is 4.79 Å². The average molecular weight is 317 g/mol. The molecule has 0 bridgehead atoms. The summed E-state index contributed by atoms with van der Waals surface area (Å²) in [7, 11) is 1.09. The van der Waals surface area contributed by atoms with E-state index in [1.165, 1.54) is 6.07 Å². The van der Waals surface area contributed by atoms with Gasteiger partial charge in [0.25, 0.3) is 0 Å². The van der Waals surface area contributed by atoms with Crippen molar-refractivity contribution in [2.75, 3.05) is 7.11 Å². The number of methoxy groups -OCH3 is 1. The Bertz CT molecular complexity index is 403. The summed E-state index contributed by atoms with van der Waals surface area (Å²) < 4.78 is 31.0. The summed E-state index contributed by atoms with van der Waals surface area (Å²) in [6.45, 7) is 0. The molecule has 0 saturated carbocycles. The standard InChI is InChI=1S/C9H8BrF2NO2.ClH/c1-15-9(14)8(13)6-5(11)3-2-4(10)7(6)12;/h2-3,8H,13H2,1H3;1H/t8-;/m1./s1. The number of halogens is 4. The Labute approximate surface area is 105 Å². The summed E-state index contributed by atoms with van der Waals surface area (Å²) in [5.41, 5.74) is 4.84. The smallest absolute Gasteiger partial charge is 0.327 e. The first-order valence-corrected chi connectivity index (χ1v) is 4.75. The van der Waals surface area contributed by atoms with Crippen LogP contribution >= 0.6 is 28.3 Å². The Morgan fingerprint density at radius 1 is 1.50 bits per heavy atom. The van der Waals surface area contributed by atoms with Crippen LogP contribution in [0.2, 0.25) is 0 Å². The molecular weight excluding hydrogens is 307 g/mol. The minimum atomic E-state index is -1.47. The maximum atomic E-state index is 13.4. The van der Waals surface area contributed by atoms with Gasteiger partial charge in [0.2, 0.25) is 0 Å². The highest BCUT2D eigenvalue weighted by Crippen LogP contribution is 2.26. The van der Waals surface area contributed by atoms with E-state index in [9.17, 15) is 13.6 Å². The highest BCUT2D eigenvalue weighted by molar-refractivity contribution is 9.10. The fourth-order valence-corrected chi connectivity index (χ4v) is 1.42. The van der Waals surface area contributed by atoms with E-state index in [2.05, 4.69) is 20.7 Å². The maximum absolute atomic E-state index is 13.4. The second-order valence-electron chi connectivity index (χ2n) is 2.76. The number of carbonyl (C=O) groups is 1. The quantitative estimate of drug-likeness (QED) is 0.673. The van der Waals surface area contributed by atoms with E-state index in [-0.39, 0.29) is 16.9 Å². The van der Waals surface area contributed by atoms with E-state index in [0.717, 1.165) is 13.2 Å². The lowest BCUT2D eigenvalue weighted by Crippen LogP contribution is -2.25. The zero-order valence-corrected chi connectivity index (χ0v) is 10.6. The molecule has 0 unspecified atom stereocenters. The predicted octanol–water partition coefficient (Wildman–Crippen LogP) is 2.32. The van der Waals surface area contributed by atoms with Gasteiger partial charge in [0.15, 0.2) is 0 Å². The van der Waals surface area contributed by atoms with Crippen LogP contribution in [-0.2, 0) is 9.53 Å². The molecule has 0 aliphatic heterocycles. The number of hydrogen-bond acceptors (Lipinski definition) is 3. The molecule has 90 valence electrons. The number of benzene rings is 1. The Morgan fingerprint density at radius 2 is 2.06 bits per heavy atom. The molecule has 0 amide bonds. The molecule has 0 heterocycles. The molecule has 2 N–H and O–H groups in total. The van der Waals surface area contributed by atoms with Crippen LogP contribution in [0.15, 0.2) is 16.6 Å². The third-order valence-corrected chi connectivity index (χ3v) is 2.46. The Morgan fingerprint density at radius 3 is 2.56 bits per heavy atom. The molecule has 1 aromatic rings. The summed E-state index contributed by atoms with van der Waals surface area (Å²) in [5, 5.41) is 0. The van der Waals surface area contributed by atoms with Crippen molar-refractivity contribution in [1.29, 1.82) is 0 Å². The summed E-state index contributed by atoms with van der Waals surface area (Å²) >= 11 is 2.87. The number of nitrogens with two attached hydrogens (primary N) is 1. The lowest BCUT2D eigenvalue weighted by atomic mass is 10.1. The largest absolute Gasteiger partial charge is 0.468 e. The molecule has 16 heavy (non-hydrogen) atoms. The van der Waals surface area contributed by atoms with E-state index < -0.39 is 29.2 Å². The molecule has 0 saturated heterocycles. The van der Waals surface area contributed by atoms with Crippen LogP contribution in [0.5, 0.6) is 0 Å². The van der Waals surface area contributed by atoms with Crippen molar-refractivity contribution in [3.05, 3.63) is 33.8 Å². The third-order valence-electron chi connectivity index (χ3n) is 1.85. The number of esters is 1. The van der Waals surface area contributed by atoms with Crippen LogP contribution in [0.1, 0.15) is 11.6 Å². The van der Waals surface area contributed by atoms with E-state index in [1.54, 1.807) is 0 Å². The summed E-state index contributed by atoms with van der Waals surface area (Å²) in [6.07, 6.45) is 0. The van der Waals surface area contributed by atoms with Gasteiger partial charge in [-0.2, -0.15) is 0 Å². The van der Waals surface area contributed by atoms with Gasteiger partial charge in [0, 0.05) is 0 Å². The Kier molecular flexibility index (Phi) is 5.85. The van der Waals surface area contributed by atoms with Gasteiger partial charge in [-0.25, -0.2) is 8.78 Å². The van der Waals surface area contributed by atoms with Crippen LogP contribution < -0.4 is 5.73 Å². The van der Waals surface area contributed by atoms with Crippen LogP contribution in [0.3, 0.4) is 0 Å². The molecule has 0 fully saturated rings. The summed E-state index contributed by atoms with van der Waals surface area (Å²) in [5.74, 6) is -2.67. The fraction of sp³-hybridized carbons (Fsp3) is 0.222. The molecule has 1 atom stereocenters. The van der Waals surface area contributed by atoms with Crippen molar-refractivity contribution in [2.24, 2.45) is 5.73 Å². The summed E-state index contributed by atoms with van der Waals surface area (Å²) in [4.78, 5) is 11.0. The topological polar surface area (TPSA) is 52.3 Å². The first-order valence-electron chi connectivity index (χ1n) is 3.95. The predicted molar refractivity (Wildman–Crippen MR) is 60.3 cm³/mol. The third kappa shape index (κ3) is 2.90. The van der Waals surface area contributed by atoms with Gasteiger partial charge >= 0.3 is 5.97 Å². The monoisotopic (exact) mass is 315 g/mol. The molecule has 3 nitrogen and oxygen atoms in total. The molecule has 1 rings (SSSR count). The second-order valence-corrected chi connectivity index (χ2v) is 3.61. The lowest BCUT2D eigenvalue weighted by Gasteiger charge is -2.12. The fourth-order valence-electron chi connectivity index (χ4n) is 1.07. The minimum absolute atomic E-state index is 0. The molecule has 7 heteroatoms. The Balaban J connectivity index is 0.00000225. The first-order chi connectivity index (χ1) is 6.99. The molecular formula is C9H9BrClF2NO2. The van der Waals surface area contributed by atoms with Crippen molar-refractivity contribution in [3.8, 4) is 0 Å². The average Bonchev–Trinajstić information content (AvgIpc) is 2.22. The number of rotatable bonds is 2. The van der Waals surface area contributed by atoms with Crippen LogP contribution in [0.25, 0.3) is 0 Å². The van der Waals surface area contributed by atoms with Crippen molar-refractivity contribution in [1.82, 2.24) is 0 Å². The molecule has 0 radical (unpaired) electrons. The van der Waals surface area contributed by atoms with E-state index in [4.69, 9.17) is 5.73 Å². The minimum Gasteiger partial charge on any atom is -0.468 e. The lowest BCUT2D eigenvalue weighted by molar-refractivity contribution is -0.142. The molecule has 0 spiro atoms. The number of ether oxygens (including phenoxy) is 1. The van der Waals surface area contributed by atoms with E-state index >= 15 is 0 Å². The SMILES string of the molecule is COC(=O)[C@H](N)c1c(F)ccc(Br)c1F.Cl. The van der Waals surface area contributed by atoms with E-state index in [1.807, 2.05) is 0 Å². The summed E-state index contributed by atoms with van der Waals surface area (Å²) in [6, 6.07) is 0.746. The zero-order valence-electron chi connectivity index (χ0n) is 8.17. The van der Waals surface area contributed by atoms with Crippen molar-refractivity contribution >= 4 is 34.3 Å². The highest BCUT2D eigenvalue weighted by Gasteiger charge is 2.25. The molecule has 1 aromatic carbocycles. The van der Waals surface area contributed by atoms with Gasteiger partial charge in [-0.1, -0.05) is 0 Å². The second kappa shape index (κ2) is 6.12. The van der Waals surface area contributed by atoms with Crippen LogP contribution in [0, 0.1) is 11.6 Å². The van der Waals surface area contributed by atoms with Gasteiger partial charge < -0.3 is 10.5 Å². The first kappa shape index (κ1) is 15.3. The van der Waals surface area contributed by atoms with Gasteiger partial charge in [0.1, 0.15) is 17.7 Å². The van der Waals surface area contributed by atoms with Crippen LogP contribution in [0.4, 0.5) is 8.78 Å². The van der Waals surface area contributed by atoms with E-state index in [0.29, 0.717) is 0 Å². The highest BCUT2D eigenvalue weighted by atomic mass is 79.9. The molecule has 0 aromatic heterocycles. The van der Waals surface area contributed by atoms with Gasteiger partial charge in [-0.05, 0) is 28.1 Å².